The minimum absolute atomic E-state index is 0.0656. The summed E-state index contributed by atoms with van der Waals surface area (Å²) in [5.41, 5.74) is 1.94. The zero-order valence-corrected chi connectivity index (χ0v) is 13.3. The fraction of sp³-hybridized carbons (Fsp3) is 0.250. The molecular formula is C16H17ClN2O3. The second-order valence-electron chi connectivity index (χ2n) is 5.22. The van der Waals surface area contributed by atoms with E-state index in [1.807, 2.05) is 20.8 Å². The number of halogens is 1. The predicted molar refractivity (Wildman–Crippen MR) is 85.5 cm³/mol. The summed E-state index contributed by atoms with van der Waals surface area (Å²) in [5, 5.41) is 5.70. The number of rotatable bonds is 4. The lowest BCUT2D eigenvalue weighted by Gasteiger charge is -2.11. The van der Waals surface area contributed by atoms with E-state index in [9.17, 15) is 9.59 Å². The molecule has 0 aliphatic heterocycles. The molecule has 2 N–H and O–H groups in total. The van der Waals surface area contributed by atoms with Crippen molar-refractivity contribution in [1.82, 2.24) is 5.32 Å². The molecule has 0 saturated heterocycles. The SMILES string of the molecule is Cc1cc(C(=O)NC(C)C)ccc1NC(=O)c1ccc(Cl)o1. The number of hydrogen-bond acceptors (Lipinski definition) is 3. The van der Waals surface area contributed by atoms with E-state index >= 15 is 0 Å². The lowest BCUT2D eigenvalue weighted by atomic mass is 10.1. The summed E-state index contributed by atoms with van der Waals surface area (Å²) < 4.78 is 5.05. The second kappa shape index (κ2) is 6.66. The highest BCUT2D eigenvalue weighted by Crippen LogP contribution is 2.19. The van der Waals surface area contributed by atoms with Gasteiger partial charge < -0.3 is 15.1 Å². The Labute approximate surface area is 133 Å². The minimum atomic E-state index is -0.394. The molecule has 2 rings (SSSR count). The first-order valence-electron chi connectivity index (χ1n) is 6.85. The normalized spacial score (nSPS) is 10.6. The van der Waals surface area contributed by atoms with Crippen LogP contribution < -0.4 is 10.6 Å². The van der Waals surface area contributed by atoms with Gasteiger partial charge in [-0.2, -0.15) is 0 Å². The second-order valence-corrected chi connectivity index (χ2v) is 5.59. The van der Waals surface area contributed by atoms with Gasteiger partial charge in [-0.25, -0.2) is 0 Å². The molecule has 22 heavy (non-hydrogen) atoms. The highest BCUT2D eigenvalue weighted by atomic mass is 35.5. The molecule has 1 heterocycles. The summed E-state index contributed by atoms with van der Waals surface area (Å²) in [6.07, 6.45) is 0. The van der Waals surface area contributed by atoms with E-state index in [0.717, 1.165) is 5.56 Å². The lowest BCUT2D eigenvalue weighted by Crippen LogP contribution is -2.30. The van der Waals surface area contributed by atoms with Crippen LogP contribution in [0.3, 0.4) is 0 Å². The van der Waals surface area contributed by atoms with E-state index in [1.54, 1.807) is 18.2 Å². The summed E-state index contributed by atoms with van der Waals surface area (Å²) >= 11 is 5.64. The highest BCUT2D eigenvalue weighted by molar-refractivity contribution is 6.29. The van der Waals surface area contributed by atoms with Crippen LogP contribution in [0.1, 0.15) is 40.3 Å². The molecule has 0 radical (unpaired) electrons. The molecule has 1 aromatic heterocycles. The Morgan fingerprint density at radius 2 is 1.86 bits per heavy atom. The van der Waals surface area contributed by atoms with E-state index in [2.05, 4.69) is 10.6 Å². The van der Waals surface area contributed by atoms with Crippen molar-refractivity contribution < 1.29 is 14.0 Å². The fourth-order valence-electron chi connectivity index (χ4n) is 1.91. The first kappa shape index (κ1) is 16.1. The topological polar surface area (TPSA) is 71.3 Å². The van der Waals surface area contributed by atoms with Crippen LogP contribution in [0.5, 0.6) is 0 Å². The van der Waals surface area contributed by atoms with Crippen molar-refractivity contribution in [2.24, 2.45) is 0 Å². The minimum Gasteiger partial charge on any atom is -0.440 e. The van der Waals surface area contributed by atoms with Crippen LogP contribution in [0.25, 0.3) is 0 Å². The van der Waals surface area contributed by atoms with Gasteiger partial charge in [0.1, 0.15) is 0 Å². The molecule has 5 nitrogen and oxygen atoms in total. The average molecular weight is 321 g/mol. The van der Waals surface area contributed by atoms with Gasteiger partial charge in [-0.15, -0.1) is 0 Å². The fourth-order valence-corrected chi connectivity index (χ4v) is 2.06. The Morgan fingerprint density at radius 1 is 1.14 bits per heavy atom. The molecule has 0 aliphatic carbocycles. The largest absolute Gasteiger partial charge is 0.440 e. The van der Waals surface area contributed by atoms with Crippen LogP contribution in [0.15, 0.2) is 34.7 Å². The molecule has 0 unspecified atom stereocenters. The van der Waals surface area contributed by atoms with Gasteiger partial charge in [0, 0.05) is 17.3 Å². The van der Waals surface area contributed by atoms with Gasteiger partial charge in [0.25, 0.3) is 11.8 Å². The monoisotopic (exact) mass is 320 g/mol. The molecule has 0 spiro atoms. The maximum absolute atomic E-state index is 12.0. The van der Waals surface area contributed by atoms with E-state index in [4.69, 9.17) is 16.0 Å². The van der Waals surface area contributed by atoms with E-state index < -0.39 is 5.91 Å². The van der Waals surface area contributed by atoms with Gasteiger partial charge in [-0.3, -0.25) is 9.59 Å². The number of carbonyl (C=O) groups excluding carboxylic acids is 2. The molecule has 0 bridgehead atoms. The first-order valence-corrected chi connectivity index (χ1v) is 7.23. The van der Waals surface area contributed by atoms with Gasteiger partial charge in [-0.05, 0) is 68.3 Å². The van der Waals surface area contributed by atoms with Crippen molar-refractivity contribution in [3.63, 3.8) is 0 Å². The smallest absolute Gasteiger partial charge is 0.291 e. The molecule has 2 aromatic rings. The zero-order chi connectivity index (χ0) is 16.3. The number of hydrogen-bond donors (Lipinski definition) is 2. The van der Waals surface area contributed by atoms with E-state index in [0.29, 0.717) is 11.3 Å². The predicted octanol–water partition coefficient (Wildman–Crippen LogP) is 3.63. The number of anilines is 1. The third-order valence-corrected chi connectivity index (χ3v) is 3.16. The average Bonchev–Trinajstić information content (AvgIpc) is 2.87. The third kappa shape index (κ3) is 3.89. The summed E-state index contributed by atoms with van der Waals surface area (Å²) in [5.74, 6) is -0.408. The Bertz CT molecular complexity index is 707. The van der Waals surface area contributed by atoms with E-state index in [-0.39, 0.29) is 22.9 Å². The maximum atomic E-state index is 12.0. The van der Waals surface area contributed by atoms with Gasteiger partial charge in [0.2, 0.25) is 0 Å². The summed E-state index contributed by atoms with van der Waals surface area (Å²) in [6, 6.07) is 8.14. The molecule has 0 atom stereocenters. The molecule has 0 fully saturated rings. The van der Waals surface area contributed by atoms with Crippen LogP contribution in [-0.2, 0) is 0 Å². The van der Waals surface area contributed by atoms with Crippen molar-refractivity contribution in [1.29, 1.82) is 0 Å². The first-order chi connectivity index (χ1) is 10.4. The van der Waals surface area contributed by atoms with Gasteiger partial charge in [-0.1, -0.05) is 0 Å². The lowest BCUT2D eigenvalue weighted by molar-refractivity contribution is 0.0942. The van der Waals surface area contributed by atoms with Crippen LogP contribution in [0.2, 0.25) is 5.22 Å². The molecule has 6 heteroatoms. The molecular weight excluding hydrogens is 304 g/mol. The van der Waals surface area contributed by atoms with Gasteiger partial charge in [0.15, 0.2) is 11.0 Å². The molecule has 116 valence electrons. The molecule has 0 saturated carbocycles. The number of benzene rings is 1. The summed E-state index contributed by atoms with van der Waals surface area (Å²) in [4.78, 5) is 23.9. The van der Waals surface area contributed by atoms with Crippen molar-refractivity contribution in [2.45, 2.75) is 26.8 Å². The van der Waals surface area contributed by atoms with Crippen molar-refractivity contribution in [2.75, 3.05) is 5.32 Å². The summed E-state index contributed by atoms with van der Waals surface area (Å²) in [6.45, 7) is 5.61. The number of carbonyl (C=O) groups is 2. The molecule has 1 aromatic carbocycles. The van der Waals surface area contributed by atoms with Crippen LogP contribution in [-0.4, -0.2) is 17.9 Å². The Balaban J connectivity index is 2.13. The maximum Gasteiger partial charge on any atom is 0.291 e. The van der Waals surface area contributed by atoms with Crippen molar-refractivity contribution in [3.8, 4) is 0 Å². The van der Waals surface area contributed by atoms with Crippen molar-refractivity contribution >= 4 is 29.1 Å². The summed E-state index contributed by atoms with van der Waals surface area (Å²) in [7, 11) is 0. The highest BCUT2D eigenvalue weighted by Gasteiger charge is 2.13. The van der Waals surface area contributed by atoms with Crippen LogP contribution in [0, 0.1) is 6.92 Å². The Hall–Kier alpha value is -2.27. The molecule has 0 aliphatic rings. The third-order valence-electron chi connectivity index (χ3n) is 2.95. The Morgan fingerprint density at radius 3 is 2.41 bits per heavy atom. The van der Waals surface area contributed by atoms with Crippen LogP contribution in [0.4, 0.5) is 5.69 Å². The standard InChI is InChI=1S/C16H17ClN2O3/c1-9(2)18-15(20)11-4-5-12(10(3)8-11)19-16(21)13-6-7-14(17)22-13/h4-9H,1-3H3,(H,18,20)(H,19,21). The number of aryl methyl sites for hydroxylation is 1. The molecule has 2 amide bonds. The van der Waals surface area contributed by atoms with Crippen LogP contribution >= 0.6 is 11.6 Å². The number of nitrogens with one attached hydrogen (secondary N) is 2. The van der Waals surface area contributed by atoms with Gasteiger partial charge in [0.05, 0.1) is 0 Å². The quantitative estimate of drug-likeness (QED) is 0.903. The Kier molecular flexibility index (Phi) is 4.88. The van der Waals surface area contributed by atoms with Gasteiger partial charge >= 0.3 is 0 Å². The number of furan rings is 1. The van der Waals surface area contributed by atoms with E-state index in [1.165, 1.54) is 12.1 Å². The number of amides is 2. The zero-order valence-electron chi connectivity index (χ0n) is 12.6. The van der Waals surface area contributed by atoms with Crippen molar-refractivity contribution in [3.05, 3.63) is 52.4 Å².